The van der Waals surface area contributed by atoms with Crippen molar-refractivity contribution in [1.82, 2.24) is 19.1 Å². The smallest absolute Gasteiger partial charge is 0.145 e. The number of hydrogen-bond acceptors (Lipinski definition) is 2. The molecular formula is C52H34N4. The van der Waals surface area contributed by atoms with E-state index in [0.717, 1.165) is 55.9 Å². The van der Waals surface area contributed by atoms with Crippen LogP contribution in [-0.2, 0) is 0 Å². The van der Waals surface area contributed by atoms with Crippen LogP contribution in [0.1, 0.15) is 0 Å². The van der Waals surface area contributed by atoms with Gasteiger partial charge in [-0.15, -0.1) is 0 Å². The van der Waals surface area contributed by atoms with Gasteiger partial charge < -0.3 is 4.57 Å². The molecular weight excluding hydrogens is 681 g/mol. The lowest BCUT2D eigenvalue weighted by Crippen LogP contribution is -1.96. The maximum Gasteiger partial charge on any atom is 0.145 e. The molecule has 4 heteroatoms. The lowest BCUT2D eigenvalue weighted by Gasteiger charge is -2.13. The van der Waals surface area contributed by atoms with Crippen molar-refractivity contribution in [3.63, 3.8) is 0 Å². The first-order valence-corrected chi connectivity index (χ1v) is 19.0. The van der Waals surface area contributed by atoms with Crippen LogP contribution in [-0.4, -0.2) is 19.1 Å². The Labute approximate surface area is 324 Å². The van der Waals surface area contributed by atoms with Crippen LogP contribution < -0.4 is 0 Å². The molecule has 0 N–H and O–H groups in total. The van der Waals surface area contributed by atoms with Gasteiger partial charge in [0, 0.05) is 56.4 Å². The topological polar surface area (TPSA) is 35.6 Å². The summed E-state index contributed by atoms with van der Waals surface area (Å²) < 4.78 is 4.72. The molecule has 11 aromatic rings. The molecule has 11 rings (SSSR count). The third kappa shape index (κ3) is 5.23. The number of nitrogens with zero attached hydrogens (tertiary/aromatic N) is 4. The number of aromatic nitrogens is 4. The monoisotopic (exact) mass is 714 g/mol. The fraction of sp³-hybridized carbons (Fsp3) is 0. The van der Waals surface area contributed by atoms with Crippen molar-refractivity contribution < 1.29 is 0 Å². The Morgan fingerprint density at radius 1 is 0.321 bits per heavy atom. The molecule has 0 aliphatic carbocycles. The molecule has 0 atom stereocenters. The molecule has 0 aliphatic rings. The molecule has 7 aromatic carbocycles. The molecule has 4 aromatic heterocycles. The SMILES string of the molecule is c1ccc(-c2cc(-c3cccc(-n4c5ccc(-c6cccc7c8ccccc8n(-c8ccccc8)c67)cc5c5cccnc54)c3)cc(-c3ccccn3)c2)cc1. The standard InChI is InChI=1S/C52H34N4/c1-3-14-35(15-4-1)38-30-39(32-40(31-38)48-24-9-10-28-53-48)36-16-11-19-42(33-36)56-50-27-26-37(34-47(50)46-23-13-29-54-52(46)56)43-21-12-22-45-44-20-7-8-25-49(44)55(51(43)45)41-17-5-2-6-18-41/h1-34H. The predicted octanol–water partition coefficient (Wildman–Crippen LogP) is 13.3. The zero-order valence-corrected chi connectivity index (χ0v) is 30.4. The molecule has 0 bridgehead atoms. The van der Waals surface area contributed by atoms with Crippen LogP contribution in [0.2, 0.25) is 0 Å². The van der Waals surface area contributed by atoms with Gasteiger partial charge in [0.2, 0.25) is 0 Å². The quantitative estimate of drug-likeness (QED) is 0.172. The third-order valence-electron chi connectivity index (χ3n) is 11.0. The van der Waals surface area contributed by atoms with Crippen LogP contribution in [0.3, 0.4) is 0 Å². The van der Waals surface area contributed by atoms with Gasteiger partial charge in [-0.3, -0.25) is 9.55 Å². The number of rotatable bonds is 6. The first-order chi connectivity index (χ1) is 27.8. The molecule has 0 saturated carbocycles. The van der Waals surface area contributed by atoms with Crippen molar-refractivity contribution in [2.45, 2.75) is 0 Å². The highest BCUT2D eigenvalue weighted by molar-refractivity contribution is 6.15. The minimum atomic E-state index is 0.931. The third-order valence-corrected chi connectivity index (χ3v) is 11.0. The largest absolute Gasteiger partial charge is 0.309 e. The fourth-order valence-electron chi connectivity index (χ4n) is 8.47. The van der Waals surface area contributed by atoms with Crippen molar-refractivity contribution >= 4 is 43.7 Å². The second kappa shape index (κ2) is 13.1. The summed E-state index contributed by atoms with van der Waals surface area (Å²) in [5, 5.41) is 4.77. The molecule has 56 heavy (non-hydrogen) atoms. The molecule has 4 nitrogen and oxygen atoms in total. The highest BCUT2D eigenvalue weighted by Crippen LogP contribution is 2.41. The summed E-state index contributed by atoms with van der Waals surface area (Å²) in [6.07, 6.45) is 3.75. The Morgan fingerprint density at radius 2 is 0.982 bits per heavy atom. The molecule has 0 radical (unpaired) electrons. The van der Waals surface area contributed by atoms with Crippen molar-refractivity contribution in [1.29, 1.82) is 0 Å². The maximum absolute atomic E-state index is 4.99. The van der Waals surface area contributed by atoms with E-state index in [4.69, 9.17) is 9.97 Å². The minimum absolute atomic E-state index is 0.931. The summed E-state index contributed by atoms with van der Waals surface area (Å²) in [5.74, 6) is 0. The van der Waals surface area contributed by atoms with Gasteiger partial charge in [0.1, 0.15) is 5.65 Å². The highest BCUT2D eigenvalue weighted by atomic mass is 15.0. The molecule has 262 valence electrons. The molecule has 0 fully saturated rings. The first-order valence-electron chi connectivity index (χ1n) is 19.0. The minimum Gasteiger partial charge on any atom is -0.309 e. The zero-order chi connectivity index (χ0) is 37.0. The van der Waals surface area contributed by atoms with Gasteiger partial charge in [-0.2, -0.15) is 0 Å². The van der Waals surface area contributed by atoms with E-state index >= 15 is 0 Å². The molecule has 0 aliphatic heterocycles. The van der Waals surface area contributed by atoms with E-state index in [1.54, 1.807) is 0 Å². The van der Waals surface area contributed by atoms with E-state index in [9.17, 15) is 0 Å². The number of pyridine rings is 2. The van der Waals surface area contributed by atoms with E-state index in [0.29, 0.717) is 0 Å². The Kier molecular flexibility index (Phi) is 7.46. The summed E-state index contributed by atoms with van der Waals surface area (Å²) >= 11 is 0. The van der Waals surface area contributed by atoms with E-state index in [1.165, 1.54) is 43.9 Å². The Balaban J connectivity index is 1.09. The summed E-state index contributed by atoms with van der Waals surface area (Å²) in [6, 6.07) is 69.4. The molecule has 0 spiro atoms. The summed E-state index contributed by atoms with van der Waals surface area (Å²) in [4.78, 5) is 9.70. The van der Waals surface area contributed by atoms with Crippen LogP contribution in [0.25, 0.3) is 99.8 Å². The van der Waals surface area contributed by atoms with Gasteiger partial charge in [-0.25, -0.2) is 4.98 Å². The number of para-hydroxylation sites is 3. The van der Waals surface area contributed by atoms with Crippen molar-refractivity contribution in [3.05, 3.63) is 207 Å². The van der Waals surface area contributed by atoms with Gasteiger partial charge in [0.05, 0.1) is 22.2 Å². The van der Waals surface area contributed by atoms with Crippen LogP contribution in [0.15, 0.2) is 207 Å². The number of hydrogen-bond donors (Lipinski definition) is 0. The van der Waals surface area contributed by atoms with Crippen LogP contribution >= 0.6 is 0 Å². The average molecular weight is 715 g/mol. The predicted molar refractivity (Wildman–Crippen MR) is 232 cm³/mol. The molecule has 4 heterocycles. The van der Waals surface area contributed by atoms with Crippen molar-refractivity contribution in [3.8, 4) is 56.0 Å². The number of fused-ring (bicyclic) bond motifs is 6. The summed E-state index contributed by atoms with van der Waals surface area (Å²) in [7, 11) is 0. The zero-order valence-electron chi connectivity index (χ0n) is 30.4. The van der Waals surface area contributed by atoms with E-state index in [2.05, 4.69) is 185 Å². The normalized spacial score (nSPS) is 11.6. The molecule has 0 unspecified atom stereocenters. The van der Waals surface area contributed by atoms with E-state index in [1.807, 2.05) is 30.6 Å². The van der Waals surface area contributed by atoms with Gasteiger partial charge in [-0.1, -0.05) is 109 Å². The summed E-state index contributed by atoms with van der Waals surface area (Å²) in [5.41, 5.74) is 15.6. The second-order valence-corrected chi connectivity index (χ2v) is 14.3. The lowest BCUT2D eigenvalue weighted by atomic mass is 9.94. The van der Waals surface area contributed by atoms with E-state index < -0.39 is 0 Å². The van der Waals surface area contributed by atoms with Gasteiger partial charge in [0.15, 0.2) is 0 Å². The van der Waals surface area contributed by atoms with Crippen molar-refractivity contribution in [2.24, 2.45) is 0 Å². The first kappa shape index (κ1) is 31.9. The van der Waals surface area contributed by atoms with Gasteiger partial charge in [-0.05, 0) is 113 Å². The van der Waals surface area contributed by atoms with Gasteiger partial charge >= 0.3 is 0 Å². The highest BCUT2D eigenvalue weighted by Gasteiger charge is 2.19. The Hall–Kier alpha value is -7.56. The maximum atomic E-state index is 4.99. The number of benzene rings is 7. The van der Waals surface area contributed by atoms with Crippen molar-refractivity contribution in [2.75, 3.05) is 0 Å². The average Bonchev–Trinajstić information content (AvgIpc) is 3.80. The van der Waals surface area contributed by atoms with Crippen LogP contribution in [0.4, 0.5) is 0 Å². The summed E-state index contributed by atoms with van der Waals surface area (Å²) in [6.45, 7) is 0. The fourth-order valence-corrected chi connectivity index (χ4v) is 8.47. The van der Waals surface area contributed by atoms with Crippen LogP contribution in [0, 0.1) is 0 Å². The molecule has 0 saturated heterocycles. The lowest BCUT2D eigenvalue weighted by molar-refractivity contribution is 1.14. The Morgan fingerprint density at radius 3 is 1.84 bits per heavy atom. The van der Waals surface area contributed by atoms with Gasteiger partial charge in [0.25, 0.3) is 0 Å². The van der Waals surface area contributed by atoms with E-state index in [-0.39, 0.29) is 0 Å². The molecule has 0 amide bonds. The van der Waals surface area contributed by atoms with Crippen LogP contribution in [0.5, 0.6) is 0 Å². The Bertz CT molecular complexity index is 3170. The second-order valence-electron chi connectivity index (χ2n) is 14.3.